The highest BCUT2D eigenvalue weighted by Crippen LogP contribution is 2.44. The van der Waals surface area contributed by atoms with Crippen LogP contribution in [0.15, 0.2) is 36.5 Å². The number of benzene rings is 2. The molecule has 0 radical (unpaired) electrons. The molecule has 0 amide bonds. The molecule has 0 bridgehead atoms. The minimum Gasteiger partial charge on any atom is -0.244 e. The zero-order valence-electron chi connectivity index (χ0n) is 12.6. The van der Waals surface area contributed by atoms with E-state index >= 15 is 0 Å². The lowest BCUT2D eigenvalue weighted by Gasteiger charge is -2.13. The Morgan fingerprint density at radius 2 is 1.23 bits per heavy atom. The number of hydrogen-bond acceptors (Lipinski definition) is 2. The second-order valence-corrected chi connectivity index (χ2v) is 7.55. The van der Waals surface area contributed by atoms with Gasteiger partial charge in [-0.1, -0.05) is 69.6 Å². The van der Waals surface area contributed by atoms with E-state index in [1.54, 1.807) is 30.3 Å². The first kappa shape index (κ1) is 19.6. The molecule has 0 spiro atoms. The van der Waals surface area contributed by atoms with Gasteiger partial charge in [0, 0.05) is 28.5 Å². The van der Waals surface area contributed by atoms with Crippen LogP contribution in [-0.2, 0) is 0 Å². The number of pyridine rings is 1. The predicted octanol–water partition coefficient (Wildman–Crippen LogP) is 8.21. The van der Waals surface area contributed by atoms with Gasteiger partial charge >= 0.3 is 0 Å². The van der Waals surface area contributed by atoms with E-state index in [9.17, 15) is 5.26 Å². The molecule has 8 heteroatoms. The molecule has 1 heterocycles. The second-order valence-electron chi connectivity index (χ2n) is 5.17. The second kappa shape index (κ2) is 7.82. The average molecular weight is 463 g/mol. The minimum absolute atomic E-state index is 0.133. The quantitative estimate of drug-likeness (QED) is 0.360. The van der Waals surface area contributed by atoms with Crippen LogP contribution in [0, 0.1) is 11.3 Å². The van der Waals surface area contributed by atoms with Crippen molar-refractivity contribution in [3.05, 3.63) is 72.4 Å². The largest absolute Gasteiger partial charge is 0.244 e. The third kappa shape index (κ3) is 3.49. The molecule has 3 aromatic rings. The normalized spacial score (nSPS) is 10.7. The first-order chi connectivity index (χ1) is 12.3. The molecule has 0 atom stereocenters. The van der Waals surface area contributed by atoms with Gasteiger partial charge in [0.1, 0.15) is 11.8 Å². The molecule has 2 nitrogen and oxygen atoms in total. The molecule has 1 aromatic heterocycles. The van der Waals surface area contributed by atoms with Gasteiger partial charge in [-0.25, -0.2) is 4.98 Å². The standard InChI is InChI=1S/C18H6Cl6N2/c19-10-1-3-12(21)17(23)15(10)8-5-9(14(6-25)26-7-8)16-11(20)2-4-13(22)18(16)24/h1-5,7H. The lowest BCUT2D eigenvalue weighted by Crippen LogP contribution is -1.94. The maximum atomic E-state index is 9.44. The van der Waals surface area contributed by atoms with Crippen molar-refractivity contribution in [1.82, 2.24) is 4.98 Å². The van der Waals surface area contributed by atoms with Crippen molar-refractivity contribution in [1.29, 1.82) is 5.26 Å². The van der Waals surface area contributed by atoms with Crippen LogP contribution in [0.5, 0.6) is 0 Å². The fourth-order valence-electron chi connectivity index (χ4n) is 2.45. The molecule has 26 heavy (non-hydrogen) atoms. The van der Waals surface area contributed by atoms with E-state index in [0.717, 1.165) is 0 Å². The van der Waals surface area contributed by atoms with Gasteiger partial charge in [0.2, 0.25) is 0 Å². The molecule has 0 saturated carbocycles. The summed E-state index contributed by atoms with van der Waals surface area (Å²) < 4.78 is 0. The van der Waals surface area contributed by atoms with E-state index in [-0.39, 0.29) is 15.7 Å². The third-order valence-electron chi connectivity index (χ3n) is 3.64. The number of hydrogen-bond donors (Lipinski definition) is 0. The highest BCUT2D eigenvalue weighted by molar-refractivity contribution is 6.47. The number of nitriles is 1. The lowest BCUT2D eigenvalue weighted by molar-refractivity contribution is 1.26. The van der Waals surface area contributed by atoms with Gasteiger partial charge in [0.15, 0.2) is 0 Å². The van der Waals surface area contributed by atoms with Gasteiger partial charge in [0.25, 0.3) is 0 Å². The van der Waals surface area contributed by atoms with Gasteiger partial charge in [-0.2, -0.15) is 5.26 Å². The molecular formula is C18H6Cl6N2. The van der Waals surface area contributed by atoms with Crippen molar-refractivity contribution in [2.24, 2.45) is 0 Å². The van der Waals surface area contributed by atoms with E-state index in [1.165, 1.54) is 6.20 Å². The molecule has 0 aliphatic rings. The summed E-state index contributed by atoms with van der Waals surface area (Å²) in [6.45, 7) is 0. The third-order valence-corrected chi connectivity index (χ3v) is 5.88. The van der Waals surface area contributed by atoms with Crippen molar-refractivity contribution < 1.29 is 0 Å². The Morgan fingerprint density at radius 1 is 0.731 bits per heavy atom. The molecule has 130 valence electrons. The van der Waals surface area contributed by atoms with E-state index in [4.69, 9.17) is 69.6 Å². The summed E-state index contributed by atoms with van der Waals surface area (Å²) in [7, 11) is 0. The monoisotopic (exact) mass is 460 g/mol. The summed E-state index contributed by atoms with van der Waals surface area (Å²) in [6, 6.07) is 10.1. The Bertz CT molecular complexity index is 1070. The average Bonchev–Trinajstić information content (AvgIpc) is 2.62. The first-order valence-corrected chi connectivity index (χ1v) is 9.29. The van der Waals surface area contributed by atoms with E-state index in [0.29, 0.717) is 42.3 Å². The summed E-state index contributed by atoms with van der Waals surface area (Å²) >= 11 is 37.4. The number of aromatic nitrogens is 1. The maximum absolute atomic E-state index is 9.44. The molecule has 0 fully saturated rings. The van der Waals surface area contributed by atoms with Crippen molar-refractivity contribution in [3.63, 3.8) is 0 Å². The van der Waals surface area contributed by atoms with Crippen molar-refractivity contribution in [2.45, 2.75) is 0 Å². The van der Waals surface area contributed by atoms with Gasteiger partial charge in [0.05, 0.1) is 30.1 Å². The predicted molar refractivity (Wildman–Crippen MR) is 110 cm³/mol. The molecule has 0 aliphatic carbocycles. The Kier molecular flexibility index (Phi) is 5.89. The number of halogens is 6. The Hall–Kier alpha value is -1.18. The topological polar surface area (TPSA) is 36.7 Å². The van der Waals surface area contributed by atoms with Gasteiger partial charge in [-0.05, 0) is 30.3 Å². The van der Waals surface area contributed by atoms with E-state index in [1.807, 2.05) is 6.07 Å². The summed E-state index contributed by atoms with van der Waals surface area (Å²) in [5, 5.41) is 11.3. The van der Waals surface area contributed by atoms with Crippen LogP contribution in [0.4, 0.5) is 0 Å². The Labute approximate surface area is 179 Å². The fourth-order valence-corrected chi connectivity index (χ4v) is 3.92. The zero-order chi connectivity index (χ0) is 19.0. The van der Waals surface area contributed by atoms with Crippen LogP contribution in [0.1, 0.15) is 5.69 Å². The Morgan fingerprint density at radius 3 is 1.81 bits per heavy atom. The molecule has 0 N–H and O–H groups in total. The smallest absolute Gasteiger partial charge is 0.148 e. The van der Waals surface area contributed by atoms with Crippen LogP contribution in [0.3, 0.4) is 0 Å². The minimum atomic E-state index is 0.133. The summed E-state index contributed by atoms with van der Waals surface area (Å²) in [5.74, 6) is 0. The molecular weight excluding hydrogens is 457 g/mol. The maximum Gasteiger partial charge on any atom is 0.148 e. The summed E-state index contributed by atoms with van der Waals surface area (Å²) in [6.07, 6.45) is 1.48. The van der Waals surface area contributed by atoms with E-state index < -0.39 is 0 Å². The molecule has 2 aromatic carbocycles. The van der Waals surface area contributed by atoms with Crippen molar-refractivity contribution in [2.75, 3.05) is 0 Å². The molecule has 0 unspecified atom stereocenters. The fraction of sp³-hybridized carbons (Fsp3) is 0. The summed E-state index contributed by atoms with van der Waals surface area (Å²) in [4.78, 5) is 4.19. The lowest BCUT2D eigenvalue weighted by atomic mass is 9.99. The number of rotatable bonds is 2. The highest BCUT2D eigenvalue weighted by atomic mass is 35.5. The zero-order valence-corrected chi connectivity index (χ0v) is 17.2. The SMILES string of the molecule is N#Cc1ncc(-c2c(Cl)ccc(Cl)c2Cl)cc1-c1c(Cl)ccc(Cl)c1Cl. The van der Waals surface area contributed by atoms with Crippen LogP contribution in [-0.4, -0.2) is 4.98 Å². The van der Waals surface area contributed by atoms with Crippen LogP contribution in [0.25, 0.3) is 22.3 Å². The van der Waals surface area contributed by atoms with Gasteiger partial charge in [-0.15, -0.1) is 0 Å². The van der Waals surface area contributed by atoms with Gasteiger partial charge < -0.3 is 0 Å². The van der Waals surface area contributed by atoms with Crippen molar-refractivity contribution in [3.8, 4) is 28.3 Å². The first-order valence-electron chi connectivity index (χ1n) is 7.03. The number of nitrogens with zero attached hydrogens (tertiary/aromatic N) is 2. The van der Waals surface area contributed by atoms with Crippen molar-refractivity contribution >= 4 is 69.6 Å². The van der Waals surface area contributed by atoms with Crippen LogP contribution in [0.2, 0.25) is 30.1 Å². The molecule has 0 aliphatic heterocycles. The van der Waals surface area contributed by atoms with Crippen LogP contribution >= 0.6 is 69.6 Å². The molecule has 0 saturated heterocycles. The molecule has 3 rings (SSSR count). The van der Waals surface area contributed by atoms with E-state index in [2.05, 4.69) is 4.98 Å². The van der Waals surface area contributed by atoms with Crippen LogP contribution < -0.4 is 0 Å². The summed E-state index contributed by atoms with van der Waals surface area (Å²) in [5.41, 5.74) is 2.00. The Balaban J connectivity index is 2.34. The highest BCUT2D eigenvalue weighted by Gasteiger charge is 2.19. The van der Waals surface area contributed by atoms with Gasteiger partial charge in [-0.3, -0.25) is 0 Å².